The molecule has 1 heterocycles. The van der Waals surface area contributed by atoms with Crippen LogP contribution in [0, 0.1) is 0 Å². The van der Waals surface area contributed by atoms with Crippen LogP contribution in [-0.2, 0) is 16.6 Å². The predicted octanol–water partition coefficient (Wildman–Crippen LogP) is 3.14. The molecule has 0 spiro atoms. The molecule has 2 N–H and O–H groups in total. The topological polar surface area (TPSA) is 93.1 Å². The Balaban J connectivity index is 1.62. The highest BCUT2D eigenvalue weighted by atomic mass is 35.5. The molecule has 152 valence electrons. The number of nitrogens with zero attached hydrogens (tertiary/aromatic N) is 2. The fourth-order valence-corrected chi connectivity index (χ4v) is 4.01. The van der Waals surface area contributed by atoms with Gasteiger partial charge in [-0.25, -0.2) is 17.8 Å². The second kappa shape index (κ2) is 8.77. The first-order valence-electron chi connectivity index (χ1n) is 8.95. The predicted molar refractivity (Wildman–Crippen MR) is 112 cm³/mol. The number of nitrogens with one attached hydrogen (secondary N) is 2. The molecule has 1 aromatic heterocycles. The van der Waals surface area contributed by atoms with Crippen LogP contribution in [0.1, 0.15) is 29.8 Å². The summed E-state index contributed by atoms with van der Waals surface area (Å²) in [5, 5.41) is 7.72. The SMILES string of the molecule is CC(C)NS(=O)(=O)c1ccc(C(=O)NCc2cnn(-c3ccc(Cl)cc3)c2)cc1. The van der Waals surface area contributed by atoms with E-state index in [0.717, 1.165) is 11.3 Å². The van der Waals surface area contributed by atoms with Crippen molar-refractivity contribution in [2.75, 3.05) is 0 Å². The Bertz CT molecular complexity index is 1090. The van der Waals surface area contributed by atoms with Crippen LogP contribution in [0.25, 0.3) is 5.69 Å². The third-order valence-corrected chi connectivity index (χ3v) is 5.92. The van der Waals surface area contributed by atoms with E-state index in [1.807, 2.05) is 18.3 Å². The zero-order valence-corrected chi connectivity index (χ0v) is 17.5. The highest BCUT2D eigenvalue weighted by Gasteiger charge is 2.16. The molecule has 0 fully saturated rings. The van der Waals surface area contributed by atoms with Crippen molar-refractivity contribution in [1.29, 1.82) is 0 Å². The van der Waals surface area contributed by atoms with Crippen molar-refractivity contribution in [3.8, 4) is 5.69 Å². The summed E-state index contributed by atoms with van der Waals surface area (Å²) in [5.74, 6) is -0.301. The lowest BCUT2D eigenvalue weighted by Gasteiger charge is -2.10. The zero-order chi connectivity index (χ0) is 21.0. The van der Waals surface area contributed by atoms with Crippen LogP contribution in [0.15, 0.2) is 65.8 Å². The quantitative estimate of drug-likeness (QED) is 0.599. The number of hydrogen-bond acceptors (Lipinski definition) is 4. The van der Waals surface area contributed by atoms with Gasteiger partial charge in [0, 0.05) is 34.9 Å². The average molecular weight is 433 g/mol. The third kappa shape index (κ3) is 5.44. The number of amides is 1. The first kappa shape index (κ1) is 21.0. The van der Waals surface area contributed by atoms with Gasteiger partial charge < -0.3 is 5.32 Å². The van der Waals surface area contributed by atoms with Crippen molar-refractivity contribution >= 4 is 27.5 Å². The lowest BCUT2D eigenvalue weighted by molar-refractivity contribution is 0.0951. The van der Waals surface area contributed by atoms with Crippen LogP contribution in [0.4, 0.5) is 0 Å². The van der Waals surface area contributed by atoms with Gasteiger partial charge in [0.2, 0.25) is 10.0 Å². The Morgan fingerprint density at radius 3 is 2.38 bits per heavy atom. The van der Waals surface area contributed by atoms with E-state index in [9.17, 15) is 13.2 Å². The molecule has 1 amide bonds. The van der Waals surface area contributed by atoms with Gasteiger partial charge in [-0.05, 0) is 62.4 Å². The zero-order valence-electron chi connectivity index (χ0n) is 16.0. The van der Waals surface area contributed by atoms with Crippen LogP contribution < -0.4 is 10.0 Å². The van der Waals surface area contributed by atoms with Crippen LogP contribution in [-0.4, -0.2) is 30.1 Å². The molecule has 3 rings (SSSR count). The van der Waals surface area contributed by atoms with E-state index in [4.69, 9.17) is 11.6 Å². The summed E-state index contributed by atoms with van der Waals surface area (Å²) >= 11 is 5.89. The van der Waals surface area contributed by atoms with Gasteiger partial charge in [-0.15, -0.1) is 0 Å². The summed E-state index contributed by atoms with van der Waals surface area (Å²) in [7, 11) is -3.58. The standard InChI is InChI=1S/C20H21ClN4O3S/c1-14(2)24-29(27,28)19-9-3-16(4-10-19)20(26)22-11-15-12-23-25(13-15)18-7-5-17(21)6-8-18/h3-10,12-14,24H,11H2,1-2H3,(H,22,26). The van der Waals surface area contributed by atoms with E-state index in [-0.39, 0.29) is 16.8 Å². The Kier molecular flexibility index (Phi) is 6.36. The van der Waals surface area contributed by atoms with E-state index in [0.29, 0.717) is 17.1 Å². The minimum absolute atomic E-state index is 0.118. The highest BCUT2D eigenvalue weighted by Crippen LogP contribution is 2.14. The summed E-state index contributed by atoms with van der Waals surface area (Å²) in [6, 6.07) is 12.8. The van der Waals surface area contributed by atoms with Gasteiger partial charge in [0.1, 0.15) is 0 Å². The smallest absolute Gasteiger partial charge is 0.251 e. The molecule has 0 atom stereocenters. The molecular weight excluding hydrogens is 412 g/mol. The number of carbonyl (C=O) groups excluding carboxylic acids is 1. The van der Waals surface area contributed by atoms with E-state index >= 15 is 0 Å². The summed E-state index contributed by atoms with van der Waals surface area (Å²) < 4.78 is 28.5. The molecule has 3 aromatic rings. The van der Waals surface area contributed by atoms with E-state index in [1.165, 1.54) is 24.3 Å². The van der Waals surface area contributed by atoms with Gasteiger partial charge in [0.15, 0.2) is 0 Å². The highest BCUT2D eigenvalue weighted by molar-refractivity contribution is 7.89. The van der Waals surface area contributed by atoms with Crippen molar-refractivity contribution in [1.82, 2.24) is 19.8 Å². The van der Waals surface area contributed by atoms with Crippen LogP contribution in [0.3, 0.4) is 0 Å². The minimum atomic E-state index is -3.58. The van der Waals surface area contributed by atoms with E-state index < -0.39 is 10.0 Å². The molecule has 0 unspecified atom stereocenters. The molecular formula is C20H21ClN4O3S. The maximum atomic E-state index is 12.4. The maximum absolute atomic E-state index is 12.4. The molecule has 0 aliphatic rings. The summed E-state index contributed by atoms with van der Waals surface area (Å²) in [4.78, 5) is 12.5. The monoisotopic (exact) mass is 432 g/mol. The molecule has 29 heavy (non-hydrogen) atoms. The number of rotatable bonds is 7. The van der Waals surface area contributed by atoms with Crippen molar-refractivity contribution in [3.05, 3.63) is 77.1 Å². The number of benzene rings is 2. The molecule has 9 heteroatoms. The second-order valence-corrected chi connectivity index (χ2v) is 8.90. The molecule has 0 aliphatic carbocycles. The Hall–Kier alpha value is -2.68. The maximum Gasteiger partial charge on any atom is 0.251 e. The fraction of sp³-hybridized carbons (Fsp3) is 0.200. The van der Waals surface area contributed by atoms with Crippen LogP contribution in [0.5, 0.6) is 0 Å². The van der Waals surface area contributed by atoms with Gasteiger partial charge in [0.25, 0.3) is 5.91 Å². The summed E-state index contributed by atoms with van der Waals surface area (Å²) in [6.07, 6.45) is 3.49. The summed E-state index contributed by atoms with van der Waals surface area (Å²) in [5.41, 5.74) is 2.06. The number of hydrogen-bond donors (Lipinski definition) is 2. The summed E-state index contributed by atoms with van der Waals surface area (Å²) in [6.45, 7) is 3.78. The lowest BCUT2D eigenvalue weighted by atomic mass is 10.2. The minimum Gasteiger partial charge on any atom is -0.348 e. The van der Waals surface area contributed by atoms with Crippen LogP contribution >= 0.6 is 11.6 Å². The lowest BCUT2D eigenvalue weighted by Crippen LogP contribution is -2.30. The Labute approximate surface area is 174 Å². The van der Waals surface area contributed by atoms with Gasteiger partial charge in [-0.2, -0.15) is 5.10 Å². The fourth-order valence-electron chi connectivity index (χ4n) is 2.63. The molecule has 0 aliphatic heterocycles. The Morgan fingerprint density at radius 1 is 1.10 bits per heavy atom. The van der Waals surface area contributed by atoms with E-state index in [1.54, 1.807) is 36.9 Å². The molecule has 0 radical (unpaired) electrons. The van der Waals surface area contributed by atoms with Gasteiger partial charge >= 0.3 is 0 Å². The number of sulfonamides is 1. The normalized spacial score (nSPS) is 11.6. The number of carbonyl (C=O) groups is 1. The first-order valence-corrected chi connectivity index (χ1v) is 10.8. The van der Waals surface area contributed by atoms with Crippen LogP contribution in [0.2, 0.25) is 5.02 Å². The first-order chi connectivity index (χ1) is 13.7. The largest absolute Gasteiger partial charge is 0.348 e. The molecule has 0 saturated carbocycles. The van der Waals surface area contributed by atoms with Crippen molar-refractivity contribution in [2.24, 2.45) is 0 Å². The van der Waals surface area contributed by atoms with Crippen molar-refractivity contribution in [2.45, 2.75) is 31.3 Å². The molecule has 0 bridgehead atoms. The Morgan fingerprint density at radius 2 is 1.76 bits per heavy atom. The van der Waals surface area contributed by atoms with Crippen molar-refractivity contribution in [3.63, 3.8) is 0 Å². The second-order valence-electron chi connectivity index (χ2n) is 6.75. The molecule has 7 nitrogen and oxygen atoms in total. The number of halogens is 1. The number of aromatic nitrogens is 2. The van der Waals surface area contributed by atoms with E-state index in [2.05, 4.69) is 15.1 Å². The van der Waals surface area contributed by atoms with Gasteiger partial charge in [0.05, 0.1) is 16.8 Å². The van der Waals surface area contributed by atoms with Gasteiger partial charge in [-0.3, -0.25) is 4.79 Å². The van der Waals surface area contributed by atoms with Gasteiger partial charge in [-0.1, -0.05) is 11.6 Å². The molecule has 0 saturated heterocycles. The third-order valence-electron chi connectivity index (χ3n) is 4.00. The van der Waals surface area contributed by atoms with Crippen molar-refractivity contribution < 1.29 is 13.2 Å². The average Bonchev–Trinajstić information content (AvgIpc) is 3.15. The molecule has 2 aromatic carbocycles.